The van der Waals surface area contributed by atoms with Gasteiger partial charge in [0.2, 0.25) is 0 Å². The molecule has 1 amide bonds. The summed E-state index contributed by atoms with van der Waals surface area (Å²) in [5, 5.41) is 5.35. The topological polar surface area (TPSA) is 51.0 Å². The predicted molar refractivity (Wildman–Crippen MR) is 111 cm³/mol. The molecule has 1 aliphatic heterocycles. The van der Waals surface area contributed by atoms with E-state index in [4.69, 9.17) is 4.98 Å². The number of carbonyl (C=O) groups is 1. The Morgan fingerprint density at radius 2 is 1.79 bits per heavy atom. The maximum absolute atomic E-state index is 13.6. The molecule has 5 rings (SSSR count). The molecular formula is C23H20N4O. The van der Waals surface area contributed by atoms with Gasteiger partial charge in [0.15, 0.2) is 5.65 Å². The number of carbonyl (C=O) groups excluding carboxylic acids is 1. The van der Waals surface area contributed by atoms with E-state index < -0.39 is 0 Å². The van der Waals surface area contributed by atoms with Gasteiger partial charge >= 0.3 is 0 Å². The van der Waals surface area contributed by atoms with Crippen LogP contribution in [0.25, 0.3) is 22.3 Å². The molecule has 4 aromatic rings. The molecule has 138 valence electrons. The summed E-state index contributed by atoms with van der Waals surface area (Å²) in [5.74, 6) is 0.00521. The van der Waals surface area contributed by atoms with Crippen LogP contribution < -0.4 is 4.90 Å². The van der Waals surface area contributed by atoms with Crippen LogP contribution in [0.1, 0.15) is 21.6 Å². The van der Waals surface area contributed by atoms with Crippen LogP contribution in [0.4, 0.5) is 5.69 Å². The van der Waals surface area contributed by atoms with Gasteiger partial charge in [-0.3, -0.25) is 9.48 Å². The van der Waals surface area contributed by atoms with Crippen molar-refractivity contribution >= 4 is 22.6 Å². The van der Waals surface area contributed by atoms with Crippen molar-refractivity contribution in [2.24, 2.45) is 7.05 Å². The third-order valence-electron chi connectivity index (χ3n) is 5.40. The van der Waals surface area contributed by atoms with E-state index in [1.807, 2.05) is 73.5 Å². The third-order valence-corrected chi connectivity index (χ3v) is 5.40. The first-order chi connectivity index (χ1) is 13.6. The molecule has 0 saturated carbocycles. The van der Waals surface area contributed by atoms with Gasteiger partial charge in [-0.2, -0.15) is 5.10 Å². The van der Waals surface area contributed by atoms with E-state index in [0.29, 0.717) is 12.1 Å². The van der Waals surface area contributed by atoms with Gasteiger partial charge in [-0.1, -0.05) is 48.5 Å². The molecule has 0 spiro atoms. The summed E-state index contributed by atoms with van der Waals surface area (Å²) >= 11 is 0. The normalized spacial score (nSPS) is 13.1. The number of nitrogens with zero attached hydrogens (tertiary/aromatic N) is 4. The van der Waals surface area contributed by atoms with Crippen LogP contribution in [0.5, 0.6) is 0 Å². The molecule has 1 aliphatic rings. The number of amides is 1. The van der Waals surface area contributed by atoms with Crippen molar-refractivity contribution in [3.05, 3.63) is 77.5 Å². The SMILES string of the molecule is Cc1nn(C)c2nc(-c3ccccc3)cc(C(=O)N3CCc4ccccc43)c12. The average molecular weight is 368 g/mol. The molecule has 28 heavy (non-hydrogen) atoms. The van der Waals surface area contributed by atoms with Crippen molar-refractivity contribution in [1.82, 2.24) is 14.8 Å². The van der Waals surface area contributed by atoms with Crippen LogP contribution >= 0.6 is 0 Å². The van der Waals surface area contributed by atoms with E-state index in [-0.39, 0.29) is 5.91 Å². The second kappa shape index (κ2) is 6.30. The summed E-state index contributed by atoms with van der Waals surface area (Å²) in [6.45, 7) is 2.63. The highest BCUT2D eigenvalue weighted by Crippen LogP contribution is 2.32. The number of fused-ring (bicyclic) bond motifs is 2. The van der Waals surface area contributed by atoms with Crippen molar-refractivity contribution < 1.29 is 4.79 Å². The molecule has 2 aromatic carbocycles. The first-order valence-corrected chi connectivity index (χ1v) is 9.43. The maximum Gasteiger partial charge on any atom is 0.259 e. The highest BCUT2D eigenvalue weighted by Gasteiger charge is 2.28. The molecule has 5 heteroatoms. The van der Waals surface area contributed by atoms with E-state index in [9.17, 15) is 4.79 Å². The molecular weight excluding hydrogens is 348 g/mol. The minimum atomic E-state index is 0.00521. The van der Waals surface area contributed by atoms with Crippen molar-refractivity contribution in [3.8, 4) is 11.3 Å². The molecule has 0 bridgehead atoms. The number of anilines is 1. The smallest absolute Gasteiger partial charge is 0.259 e. The Morgan fingerprint density at radius 3 is 2.61 bits per heavy atom. The van der Waals surface area contributed by atoms with Crippen molar-refractivity contribution in [2.75, 3.05) is 11.4 Å². The van der Waals surface area contributed by atoms with Gasteiger partial charge in [-0.05, 0) is 31.0 Å². The van der Waals surface area contributed by atoms with Crippen molar-refractivity contribution in [1.29, 1.82) is 0 Å². The Hall–Kier alpha value is -3.47. The van der Waals surface area contributed by atoms with Gasteiger partial charge in [0, 0.05) is 24.8 Å². The second-order valence-corrected chi connectivity index (χ2v) is 7.16. The lowest BCUT2D eigenvalue weighted by Gasteiger charge is -2.18. The first-order valence-electron chi connectivity index (χ1n) is 9.43. The Bertz CT molecular complexity index is 1210. The number of para-hydroxylation sites is 1. The molecule has 0 fully saturated rings. The summed E-state index contributed by atoms with van der Waals surface area (Å²) in [7, 11) is 1.87. The minimum absolute atomic E-state index is 0.00521. The Kier molecular flexibility index (Phi) is 3.76. The summed E-state index contributed by atoms with van der Waals surface area (Å²) in [6.07, 6.45) is 0.883. The molecule has 0 unspecified atom stereocenters. The number of aromatic nitrogens is 3. The molecule has 3 heterocycles. The lowest BCUT2D eigenvalue weighted by molar-refractivity contribution is 0.0991. The highest BCUT2D eigenvalue weighted by atomic mass is 16.2. The molecule has 0 atom stereocenters. The Labute approximate surface area is 163 Å². The zero-order chi connectivity index (χ0) is 19.3. The second-order valence-electron chi connectivity index (χ2n) is 7.16. The maximum atomic E-state index is 13.6. The fraction of sp³-hybridized carbons (Fsp3) is 0.174. The van der Waals surface area contributed by atoms with Gasteiger partial charge in [0.1, 0.15) is 0 Å². The lowest BCUT2D eigenvalue weighted by atomic mass is 10.0. The van der Waals surface area contributed by atoms with Crippen LogP contribution in [0.2, 0.25) is 0 Å². The quantitative estimate of drug-likeness (QED) is 0.534. The summed E-state index contributed by atoms with van der Waals surface area (Å²) in [5.41, 5.74) is 6.19. The monoisotopic (exact) mass is 368 g/mol. The number of rotatable bonds is 2. The fourth-order valence-electron chi connectivity index (χ4n) is 4.06. The average Bonchev–Trinajstić information content (AvgIpc) is 3.28. The molecule has 5 nitrogen and oxygen atoms in total. The van der Waals surface area contributed by atoms with Crippen LogP contribution in [-0.2, 0) is 13.5 Å². The number of benzene rings is 2. The van der Waals surface area contributed by atoms with E-state index in [1.54, 1.807) is 4.68 Å². The molecule has 2 aromatic heterocycles. The standard InChI is InChI=1S/C23H20N4O/c1-15-21-18(23(28)27-13-12-17-10-6-7-11-20(17)27)14-19(16-8-4-3-5-9-16)24-22(21)26(2)25-15/h3-11,14H,12-13H2,1-2H3. The molecule has 0 N–H and O–H groups in total. The molecule has 0 radical (unpaired) electrons. The van der Waals surface area contributed by atoms with Crippen LogP contribution in [0.3, 0.4) is 0 Å². The first kappa shape index (κ1) is 16.7. The van der Waals surface area contributed by atoms with Crippen molar-refractivity contribution in [2.45, 2.75) is 13.3 Å². The van der Waals surface area contributed by atoms with E-state index >= 15 is 0 Å². The van der Waals surface area contributed by atoms with Gasteiger partial charge in [-0.15, -0.1) is 0 Å². The van der Waals surface area contributed by atoms with Gasteiger partial charge in [0.25, 0.3) is 5.91 Å². The zero-order valence-electron chi connectivity index (χ0n) is 15.9. The van der Waals surface area contributed by atoms with Gasteiger partial charge < -0.3 is 4.90 Å². The van der Waals surface area contributed by atoms with Crippen molar-refractivity contribution in [3.63, 3.8) is 0 Å². The summed E-state index contributed by atoms with van der Waals surface area (Å²) in [4.78, 5) is 20.3. The van der Waals surface area contributed by atoms with E-state index in [2.05, 4.69) is 11.2 Å². The molecule has 0 saturated heterocycles. The highest BCUT2D eigenvalue weighted by molar-refractivity contribution is 6.15. The zero-order valence-corrected chi connectivity index (χ0v) is 15.9. The van der Waals surface area contributed by atoms with E-state index in [0.717, 1.165) is 40.1 Å². The third kappa shape index (κ3) is 2.51. The summed E-state index contributed by atoms with van der Waals surface area (Å²) < 4.78 is 1.76. The minimum Gasteiger partial charge on any atom is -0.308 e. The Balaban J connectivity index is 1.71. The largest absolute Gasteiger partial charge is 0.308 e. The fourth-order valence-corrected chi connectivity index (χ4v) is 4.06. The number of hydrogen-bond donors (Lipinski definition) is 0. The van der Waals surface area contributed by atoms with Crippen LogP contribution in [-0.4, -0.2) is 27.2 Å². The Morgan fingerprint density at radius 1 is 1.04 bits per heavy atom. The summed E-state index contributed by atoms with van der Waals surface area (Å²) in [6, 6.07) is 20.0. The van der Waals surface area contributed by atoms with Crippen LogP contribution in [0, 0.1) is 6.92 Å². The van der Waals surface area contributed by atoms with Gasteiger partial charge in [0.05, 0.1) is 22.3 Å². The predicted octanol–water partition coefficient (Wildman–Crippen LogP) is 4.15. The number of aryl methyl sites for hydroxylation is 2. The lowest BCUT2D eigenvalue weighted by Crippen LogP contribution is -2.29. The molecule has 0 aliphatic carbocycles. The van der Waals surface area contributed by atoms with Crippen LogP contribution in [0.15, 0.2) is 60.7 Å². The number of pyridine rings is 1. The van der Waals surface area contributed by atoms with Gasteiger partial charge in [-0.25, -0.2) is 4.98 Å². The number of hydrogen-bond acceptors (Lipinski definition) is 3. The van der Waals surface area contributed by atoms with E-state index in [1.165, 1.54) is 5.56 Å².